The fraction of sp³-hybridized carbons (Fsp3) is 0.353. The number of nitrogens with zero attached hydrogens (tertiary/aromatic N) is 3. The van der Waals surface area contributed by atoms with Gasteiger partial charge in [-0.15, -0.1) is 0 Å². The quantitative estimate of drug-likeness (QED) is 0.774. The maximum Gasteiger partial charge on any atom is 0.339 e. The van der Waals surface area contributed by atoms with E-state index in [0.717, 1.165) is 0 Å². The van der Waals surface area contributed by atoms with Gasteiger partial charge in [0, 0.05) is 19.3 Å². The second-order valence-corrected chi connectivity index (χ2v) is 7.80. The first-order chi connectivity index (χ1) is 12.9. The zero-order valence-electron chi connectivity index (χ0n) is 14.7. The summed E-state index contributed by atoms with van der Waals surface area (Å²) in [5.74, 6) is -0.293. The minimum absolute atomic E-state index is 0.0380. The molecule has 1 fully saturated rings. The Hall–Kier alpha value is -2.56. The van der Waals surface area contributed by atoms with E-state index in [0.29, 0.717) is 43.6 Å². The highest BCUT2D eigenvalue weighted by atomic mass is 32.2. The first-order valence-electron chi connectivity index (χ1n) is 8.24. The van der Waals surface area contributed by atoms with Crippen LogP contribution in [0.25, 0.3) is 0 Å². The molecule has 9 nitrogen and oxygen atoms in total. The summed E-state index contributed by atoms with van der Waals surface area (Å²) in [6.45, 7) is 3.07. The van der Waals surface area contributed by atoms with Crippen molar-refractivity contribution in [3.8, 4) is 5.75 Å². The second kappa shape index (κ2) is 7.99. The lowest BCUT2D eigenvalue weighted by Gasteiger charge is -2.26. The van der Waals surface area contributed by atoms with Crippen LogP contribution in [-0.2, 0) is 21.4 Å². The van der Waals surface area contributed by atoms with Gasteiger partial charge in [-0.3, -0.25) is 0 Å². The van der Waals surface area contributed by atoms with Gasteiger partial charge in [-0.05, 0) is 31.2 Å². The Balaban J connectivity index is 1.66. The van der Waals surface area contributed by atoms with Crippen LogP contribution in [0.3, 0.4) is 0 Å². The molecule has 27 heavy (non-hydrogen) atoms. The smallest absolute Gasteiger partial charge is 0.339 e. The first-order valence-corrected chi connectivity index (χ1v) is 9.68. The van der Waals surface area contributed by atoms with Gasteiger partial charge in [0.2, 0.25) is 10.0 Å². The van der Waals surface area contributed by atoms with Crippen LogP contribution in [0.2, 0.25) is 0 Å². The van der Waals surface area contributed by atoms with Crippen LogP contribution in [0.1, 0.15) is 21.9 Å². The molecule has 0 unspecified atom stereocenters. The predicted molar refractivity (Wildman–Crippen MR) is 94.1 cm³/mol. The van der Waals surface area contributed by atoms with E-state index in [1.54, 1.807) is 19.1 Å². The lowest BCUT2D eigenvalue weighted by atomic mass is 10.2. The molecule has 1 saturated heterocycles. The fourth-order valence-corrected chi connectivity index (χ4v) is 3.99. The predicted octanol–water partition coefficient (Wildman–Crippen LogP) is 1.08. The molecular formula is C17H19N3O6S. The van der Waals surface area contributed by atoms with E-state index in [1.165, 1.54) is 22.6 Å². The van der Waals surface area contributed by atoms with Gasteiger partial charge in [0.15, 0.2) is 5.82 Å². The van der Waals surface area contributed by atoms with E-state index in [-0.39, 0.29) is 17.1 Å². The van der Waals surface area contributed by atoms with Crippen molar-refractivity contribution in [2.24, 2.45) is 0 Å². The molecule has 1 N–H and O–H groups in total. The molecule has 0 radical (unpaired) electrons. The van der Waals surface area contributed by atoms with Crippen molar-refractivity contribution in [2.45, 2.75) is 18.4 Å². The number of morpholine rings is 1. The molecule has 1 aliphatic rings. The monoisotopic (exact) mass is 393 g/mol. The van der Waals surface area contributed by atoms with E-state index in [2.05, 4.69) is 9.97 Å². The Morgan fingerprint density at radius 2 is 1.93 bits per heavy atom. The average Bonchev–Trinajstić information content (AvgIpc) is 2.67. The van der Waals surface area contributed by atoms with Gasteiger partial charge in [-0.25, -0.2) is 23.2 Å². The number of carbonyl (C=O) groups is 1. The fourth-order valence-electron chi connectivity index (χ4n) is 2.59. The third-order valence-electron chi connectivity index (χ3n) is 4.06. The van der Waals surface area contributed by atoms with Crippen LogP contribution in [0, 0.1) is 6.92 Å². The maximum absolute atomic E-state index is 12.6. The van der Waals surface area contributed by atoms with Crippen LogP contribution < -0.4 is 4.74 Å². The van der Waals surface area contributed by atoms with Crippen LogP contribution in [-0.4, -0.2) is 60.1 Å². The van der Waals surface area contributed by atoms with Gasteiger partial charge in [-0.2, -0.15) is 4.31 Å². The zero-order chi connectivity index (χ0) is 19.4. The van der Waals surface area contributed by atoms with E-state index < -0.39 is 16.0 Å². The number of aromatic nitrogens is 2. The summed E-state index contributed by atoms with van der Waals surface area (Å²) in [5.41, 5.74) is 0.388. The molecule has 1 aromatic heterocycles. The minimum atomic E-state index is -3.55. The first kappa shape index (κ1) is 19.2. The number of sulfonamides is 1. The number of aromatic carboxylic acids is 1. The largest absolute Gasteiger partial charge is 0.486 e. The van der Waals surface area contributed by atoms with Gasteiger partial charge < -0.3 is 14.6 Å². The summed E-state index contributed by atoms with van der Waals surface area (Å²) in [4.78, 5) is 19.2. The molecule has 0 aliphatic carbocycles. The van der Waals surface area contributed by atoms with Crippen molar-refractivity contribution in [1.82, 2.24) is 14.3 Å². The summed E-state index contributed by atoms with van der Waals surface area (Å²) in [6.07, 6.45) is 1.24. The molecule has 0 bridgehead atoms. The van der Waals surface area contributed by atoms with Crippen LogP contribution in [0.15, 0.2) is 35.4 Å². The zero-order valence-corrected chi connectivity index (χ0v) is 15.5. The molecule has 3 rings (SSSR count). The van der Waals surface area contributed by atoms with Gasteiger partial charge >= 0.3 is 5.97 Å². The molecule has 0 saturated carbocycles. The van der Waals surface area contributed by atoms with Crippen molar-refractivity contribution in [2.75, 3.05) is 26.3 Å². The topological polar surface area (TPSA) is 119 Å². The highest BCUT2D eigenvalue weighted by molar-refractivity contribution is 7.89. The molecular weight excluding hydrogens is 374 g/mol. The number of carboxylic acids is 1. The molecule has 0 spiro atoms. The van der Waals surface area contributed by atoms with Gasteiger partial charge in [0.25, 0.3) is 0 Å². The van der Waals surface area contributed by atoms with E-state index in [4.69, 9.17) is 14.6 Å². The van der Waals surface area contributed by atoms with Crippen LogP contribution >= 0.6 is 0 Å². The summed E-state index contributed by atoms with van der Waals surface area (Å²) < 4.78 is 37.3. The number of ether oxygens (including phenoxy) is 2. The van der Waals surface area contributed by atoms with E-state index in [1.807, 2.05) is 0 Å². The van der Waals surface area contributed by atoms with E-state index >= 15 is 0 Å². The van der Waals surface area contributed by atoms with Crippen molar-refractivity contribution < 1.29 is 27.8 Å². The number of benzene rings is 1. The molecule has 144 valence electrons. The SMILES string of the molecule is Cc1nc(COc2ccc(S(=O)(=O)N3CCOCC3)cc2)ncc1C(=O)O. The average molecular weight is 393 g/mol. The Morgan fingerprint density at radius 1 is 1.26 bits per heavy atom. The normalized spacial score (nSPS) is 15.4. The minimum Gasteiger partial charge on any atom is -0.486 e. The summed E-state index contributed by atoms with van der Waals surface area (Å²) in [5, 5.41) is 8.98. The Kier molecular flexibility index (Phi) is 5.68. The third kappa shape index (κ3) is 4.41. The van der Waals surface area contributed by atoms with E-state index in [9.17, 15) is 13.2 Å². The molecule has 0 atom stereocenters. The number of hydrogen-bond donors (Lipinski definition) is 1. The lowest BCUT2D eigenvalue weighted by Crippen LogP contribution is -2.40. The molecule has 1 aromatic carbocycles. The van der Waals surface area contributed by atoms with Gasteiger partial charge in [0.1, 0.15) is 12.4 Å². The summed E-state index contributed by atoms with van der Waals surface area (Å²) in [7, 11) is -3.55. The summed E-state index contributed by atoms with van der Waals surface area (Å²) in [6, 6.07) is 6.09. The standard InChI is InChI=1S/C17H19N3O6S/c1-12-15(17(21)22)10-18-16(19-12)11-26-13-2-4-14(5-3-13)27(23,24)20-6-8-25-9-7-20/h2-5,10H,6-9,11H2,1H3,(H,21,22). The molecule has 0 amide bonds. The van der Waals surface area contributed by atoms with Crippen LogP contribution in [0.4, 0.5) is 0 Å². The lowest BCUT2D eigenvalue weighted by molar-refractivity contribution is 0.0694. The van der Waals surface area contributed by atoms with Crippen molar-refractivity contribution in [3.63, 3.8) is 0 Å². The van der Waals surface area contributed by atoms with Crippen molar-refractivity contribution in [3.05, 3.63) is 47.5 Å². The Labute approximate surface area is 156 Å². The summed E-state index contributed by atoms with van der Waals surface area (Å²) >= 11 is 0. The third-order valence-corrected chi connectivity index (χ3v) is 5.97. The maximum atomic E-state index is 12.6. The molecule has 2 heterocycles. The van der Waals surface area contributed by atoms with Gasteiger partial charge in [0.05, 0.1) is 29.4 Å². The van der Waals surface area contributed by atoms with Crippen molar-refractivity contribution in [1.29, 1.82) is 0 Å². The highest BCUT2D eigenvalue weighted by Crippen LogP contribution is 2.21. The number of rotatable bonds is 6. The Bertz CT molecular complexity index is 924. The number of hydrogen-bond acceptors (Lipinski definition) is 7. The molecule has 2 aromatic rings. The van der Waals surface area contributed by atoms with Gasteiger partial charge in [-0.1, -0.05) is 0 Å². The molecule has 1 aliphatic heterocycles. The molecule has 10 heteroatoms. The van der Waals surface area contributed by atoms with Crippen LogP contribution in [0.5, 0.6) is 5.75 Å². The second-order valence-electron chi connectivity index (χ2n) is 5.87. The highest BCUT2D eigenvalue weighted by Gasteiger charge is 2.26. The number of carboxylic acid groups (broad SMARTS) is 1. The Morgan fingerprint density at radius 3 is 2.52 bits per heavy atom. The van der Waals surface area contributed by atoms with Crippen molar-refractivity contribution >= 4 is 16.0 Å². The number of aryl methyl sites for hydroxylation is 1.